The van der Waals surface area contributed by atoms with Gasteiger partial charge in [0.25, 0.3) is 11.8 Å². The molecule has 4 rings (SSSR count). The lowest BCUT2D eigenvalue weighted by Crippen LogP contribution is -2.60. The summed E-state index contributed by atoms with van der Waals surface area (Å²) in [6, 6.07) is 8.28. The molecule has 1 unspecified atom stereocenters. The summed E-state index contributed by atoms with van der Waals surface area (Å²) in [6.07, 6.45) is 3.93. The van der Waals surface area contributed by atoms with Gasteiger partial charge in [0, 0.05) is 83.0 Å². The average Bonchev–Trinajstić information content (AvgIpc) is 1.33. The van der Waals surface area contributed by atoms with Gasteiger partial charge in [0.2, 0.25) is 41.4 Å². The molecule has 1 saturated heterocycles. The number of nitrogens with zero attached hydrogens (tertiary/aromatic N) is 4. The van der Waals surface area contributed by atoms with Crippen molar-refractivity contribution in [2.45, 2.75) is 195 Å². The third-order valence-corrected chi connectivity index (χ3v) is 17.8. The molecule has 0 aromatic heterocycles. The van der Waals surface area contributed by atoms with Crippen molar-refractivity contribution in [2.24, 2.45) is 41.2 Å². The first-order chi connectivity index (χ1) is 44.5. The number of aliphatic hydroxyl groups is 1. The predicted octanol–water partition coefficient (Wildman–Crippen LogP) is 4.88. The Morgan fingerprint density at radius 3 is 1.96 bits per heavy atom. The Kier molecular flexibility index (Phi) is 31.8. The molecule has 2 aromatic carbocycles. The smallest absolute Gasteiger partial charge is 0.410 e. The topological polar surface area (TPSA) is 355 Å². The zero-order valence-corrected chi connectivity index (χ0v) is 57.0. The first kappa shape index (κ1) is 78.2. The van der Waals surface area contributed by atoms with Crippen LogP contribution in [0, 0.1) is 35.5 Å². The molecule has 12 amide bonds. The van der Waals surface area contributed by atoms with E-state index in [4.69, 9.17) is 15.2 Å². The lowest BCUT2D eigenvalue weighted by atomic mass is 9.85. The number of carbonyl (C=O) groups is 12. The van der Waals surface area contributed by atoms with Crippen LogP contribution in [0.5, 0.6) is 0 Å². The minimum absolute atomic E-state index is 0.0794. The lowest BCUT2D eigenvalue weighted by molar-refractivity contribution is -0.147. The Balaban J connectivity index is 1.37. The Morgan fingerprint density at radius 1 is 0.745 bits per heavy atom. The number of likely N-dealkylation sites (tertiary alicyclic amines) is 1. The Hall–Kier alpha value is -8.26. The summed E-state index contributed by atoms with van der Waals surface area (Å²) in [4.78, 5) is 165. The summed E-state index contributed by atoms with van der Waals surface area (Å²) in [5.74, 6) is -7.33. The number of primary amides is 1. The van der Waals surface area contributed by atoms with Crippen LogP contribution in [0.4, 0.5) is 15.3 Å². The van der Waals surface area contributed by atoms with E-state index < -0.39 is 126 Å². The standard InChI is InChI=1S/C68H103N11O15/c1-14-43(8)60(52(93-13)37-56(84)78-36-22-26-51(78)49(38-80)44(9)62(86)71-45(10)61(85)47-23-17-15-18-24-47)76(11)66(90)58(41(4)5)75-65(89)59(42(6)7)77(12)68(92)94-39-46-28-30-48(31-29-46)72-63(87)50(25-21-34-70-67(69)91)73-64(88)57(40(2)3)74-53(81)27-19-16-20-35-79-54(82)32-33-55(79)83/h15,17-18,23-24,28-33,38,40-45,49-52,57-61,85H,14,16,19-22,25-27,34-37,39H2,1-13H3,(H,71,86)(H,72,87)(H,73,88)(H,74,81)(H,75,89)(H3,69,70,91)/t43-,44+,45+,49+,50-,51-,52+,57+,58-,59?,60-,61+/m0/s1. The highest BCUT2D eigenvalue weighted by atomic mass is 16.6. The second-order valence-electron chi connectivity index (χ2n) is 25.8. The van der Waals surface area contributed by atoms with Gasteiger partial charge >= 0.3 is 12.1 Å². The van der Waals surface area contributed by atoms with E-state index in [-0.39, 0.29) is 74.9 Å². The molecule has 2 aromatic rings. The minimum atomic E-state index is -1.12. The van der Waals surface area contributed by atoms with Gasteiger partial charge in [-0.3, -0.25) is 53.0 Å². The van der Waals surface area contributed by atoms with Gasteiger partial charge in [-0.1, -0.05) is 118 Å². The first-order valence-corrected chi connectivity index (χ1v) is 32.8. The maximum absolute atomic E-state index is 14.8. The number of imide groups is 1. The highest BCUT2D eigenvalue weighted by Crippen LogP contribution is 2.32. The van der Waals surface area contributed by atoms with Gasteiger partial charge in [-0.25, -0.2) is 9.59 Å². The van der Waals surface area contributed by atoms with E-state index in [1.807, 2.05) is 19.9 Å². The average molecular weight is 1310 g/mol. The summed E-state index contributed by atoms with van der Waals surface area (Å²) >= 11 is 0. The van der Waals surface area contributed by atoms with E-state index in [2.05, 4.69) is 31.9 Å². The van der Waals surface area contributed by atoms with E-state index in [1.165, 1.54) is 31.2 Å². The molecule has 26 nitrogen and oxygen atoms in total. The van der Waals surface area contributed by atoms with Crippen molar-refractivity contribution >= 4 is 77.3 Å². The summed E-state index contributed by atoms with van der Waals surface area (Å²) in [6.45, 7) is 18.2. The zero-order chi connectivity index (χ0) is 70.1. The number of unbranched alkanes of at least 4 members (excludes halogenated alkanes) is 2. The summed E-state index contributed by atoms with van der Waals surface area (Å²) in [5, 5.41) is 27.5. The van der Waals surface area contributed by atoms with Crippen molar-refractivity contribution in [3.05, 3.63) is 77.9 Å². The van der Waals surface area contributed by atoms with Crippen molar-refractivity contribution in [1.29, 1.82) is 0 Å². The number of amides is 12. The molecule has 0 aliphatic carbocycles. The SMILES string of the molecule is CC[C@H](C)[C@@H]([C@@H](CC(=O)N1CCC[C@H]1[C@H](C=O)[C@@H](C)C(=O)N[C@H](C)[C@@H](O)c1ccccc1)OC)N(C)C(=O)[C@@H](NC(=O)C(C(C)C)N(C)C(=O)OCc1ccc(NC(=O)[C@H](CCCNC(N)=O)NC(=O)[C@H](NC(=O)CCCCCN2C(=O)C=CC2=O)C(C)C)cc1)C(C)C. The molecule has 9 N–H and O–H groups in total. The van der Waals surface area contributed by atoms with Crippen LogP contribution < -0.4 is 37.6 Å². The fourth-order valence-corrected chi connectivity index (χ4v) is 12.0. The van der Waals surface area contributed by atoms with Crippen LogP contribution in [-0.4, -0.2) is 186 Å². The second kappa shape index (κ2) is 38.2. The third-order valence-electron chi connectivity index (χ3n) is 17.8. The van der Waals surface area contributed by atoms with E-state index in [0.29, 0.717) is 61.9 Å². The van der Waals surface area contributed by atoms with Crippen LogP contribution in [0.25, 0.3) is 0 Å². The van der Waals surface area contributed by atoms with Gasteiger partial charge in [-0.05, 0) is 92.4 Å². The van der Waals surface area contributed by atoms with Gasteiger partial charge in [-0.15, -0.1) is 0 Å². The molecule has 2 aliphatic rings. The number of anilines is 1. The molecule has 0 bridgehead atoms. The first-order valence-electron chi connectivity index (χ1n) is 32.8. The van der Waals surface area contributed by atoms with Crippen LogP contribution >= 0.6 is 0 Å². The van der Waals surface area contributed by atoms with Crippen molar-refractivity contribution in [2.75, 3.05) is 46.2 Å². The van der Waals surface area contributed by atoms with Crippen LogP contribution in [0.3, 0.4) is 0 Å². The number of urea groups is 1. The minimum Gasteiger partial charge on any atom is -0.445 e. The van der Waals surface area contributed by atoms with E-state index in [1.54, 1.807) is 116 Å². The Labute approximate surface area is 553 Å². The van der Waals surface area contributed by atoms with Gasteiger partial charge in [0.1, 0.15) is 37.1 Å². The number of benzene rings is 2. The van der Waals surface area contributed by atoms with Crippen molar-refractivity contribution in [1.82, 2.24) is 46.2 Å². The quantitative estimate of drug-likeness (QED) is 0.0252. The molecule has 1 fully saturated rings. The third kappa shape index (κ3) is 22.8. The lowest BCUT2D eigenvalue weighted by Gasteiger charge is -2.41. The molecule has 2 aliphatic heterocycles. The number of ether oxygens (including phenoxy) is 2. The predicted molar refractivity (Wildman–Crippen MR) is 352 cm³/mol. The second-order valence-corrected chi connectivity index (χ2v) is 25.8. The monoisotopic (exact) mass is 1310 g/mol. The van der Waals surface area contributed by atoms with Crippen molar-refractivity contribution in [3.63, 3.8) is 0 Å². The number of nitrogens with two attached hydrogens (primary N) is 1. The number of hydrogen-bond donors (Lipinski definition) is 8. The highest BCUT2D eigenvalue weighted by molar-refractivity contribution is 6.12. The normalized spacial score (nSPS) is 17.4. The zero-order valence-electron chi connectivity index (χ0n) is 57.0. The summed E-state index contributed by atoms with van der Waals surface area (Å²) in [7, 11) is 4.49. The molecule has 520 valence electrons. The van der Waals surface area contributed by atoms with Gasteiger partial charge < -0.3 is 66.8 Å². The van der Waals surface area contributed by atoms with E-state index in [0.717, 1.165) is 16.1 Å². The Morgan fingerprint density at radius 2 is 1.38 bits per heavy atom. The number of carbonyl (C=O) groups excluding carboxylic acids is 12. The highest BCUT2D eigenvalue weighted by Gasteiger charge is 2.44. The molecule has 94 heavy (non-hydrogen) atoms. The van der Waals surface area contributed by atoms with Crippen molar-refractivity contribution < 1.29 is 72.1 Å². The largest absolute Gasteiger partial charge is 0.445 e. The maximum Gasteiger partial charge on any atom is 0.410 e. The Bertz CT molecular complexity index is 2910. The molecule has 26 heteroatoms. The molecule has 0 radical (unpaired) electrons. The van der Waals surface area contributed by atoms with E-state index >= 15 is 0 Å². The van der Waals surface area contributed by atoms with Crippen LogP contribution in [0.1, 0.15) is 151 Å². The molecular formula is C68H103N11O15. The molecule has 0 saturated carbocycles. The van der Waals surface area contributed by atoms with Crippen LogP contribution in [0.2, 0.25) is 0 Å². The summed E-state index contributed by atoms with van der Waals surface area (Å²) in [5.41, 5.74) is 6.71. The molecule has 0 spiro atoms. The number of methoxy groups -OCH3 is 1. The van der Waals surface area contributed by atoms with E-state index in [9.17, 15) is 62.6 Å². The van der Waals surface area contributed by atoms with Crippen LogP contribution in [0.15, 0.2) is 66.7 Å². The fraction of sp³-hybridized carbons (Fsp3) is 0.618. The maximum atomic E-state index is 14.8. The number of nitrogens with one attached hydrogen (secondary N) is 6. The number of likely N-dealkylation sites (N-methyl/N-ethyl adjacent to an activating group) is 2. The number of aldehydes is 1. The number of rotatable bonds is 38. The summed E-state index contributed by atoms with van der Waals surface area (Å²) < 4.78 is 11.7. The molecule has 12 atom stereocenters. The molecule has 2 heterocycles. The van der Waals surface area contributed by atoms with Crippen LogP contribution in [-0.2, 0) is 64.0 Å². The fourth-order valence-electron chi connectivity index (χ4n) is 12.0. The molecular weight excluding hydrogens is 1210 g/mol. The van der Waals surface area contributed by atoms with Crippen molar-refractivity contribution in [3.8, 4) is 0 Å². The van der Waals surface area contributed by atoms with Gasteiger partial charge in [0.15, 0.2) is 0 Å². The number of hydrogen-bond acceptors (Lipinski definition) is 15. The van der Waals surface area contributed by atoms with Gasteiger partial charge in [-0.2, -0.15) is 0 Å². The number of aliphatic hydroxyl groups excluding tert-OH is 1. The van der Waals surface area contributed by atoms with Gasteiger partial charge in [0.05, 0.1) is 30.7 Å².